The third-order valence-corrected chi connectivity index (χ3v) is 5.43. The largest absolute Gasteiger partial charge is 0.465 e. The molecule has 7 heteroatoms. The molecule has 0 aliphatic carbocycles. The molecule has 0 radical (unpaired) electrons. The van der Waals surface area contributed by atoms with E-state index in [4.69, 9.17) is 4.74 Å². The first-order valence-corrected chi connectivity index (χ1v) is 9.73. The summed E-state index contributed by atoms with van der Waals surface area (Å²) in [5.74, 6) is -0.603. The zero-order chi connectivity index (χ0) is 18.7. The molecule has 3 aromatic rings. The van der Waals surface area contributed by atoms with Crippen molar-refractivity contribution < 1.29 is 14.3 Å². The van der Waals surface area contributed by atoms with Gasteiger partial charge in [-0.05, 0) is 36.4 Å². The number of carbonyl (C=O) groups excluding carboxylic acids is 2. The van der Waals surface area contributed by atoms with Crippen molar-refractivity contribution in [2.75, 3.05) is 12.4 Å². The van der Waals surface area contributed by atoms with Crippen molar-refractivity contribution in [1.29, 1.82) is 0 Å². The van der Waals surface area contributed by atoms with Crippen LogP contribution in [0.4, 0.5) is 5.13 Å². The van der Waals surface area contributed by atoms with Gasteiger partial charge in [0.05, 0.1) is 22.9 Å². The molecule has 0 saturated heterocycles. The average Bonchev–Trinajstić information content (AvgIpc) is 3.01. The summed E-state index contributed by atoms with van der Waals surface area (Å²) in [7, 11) is 1.34. The highest BCUT2D eigenvalue weighted by molar-refractivity contribution is 7.99. The van der Waals surface area contributed by atoms with Gasteiger partial charge in [0.1, 0.15) is 0 Å². The molecule has 0 aliphatic rings. The minimum absolute atomic E-state index is 0.205. The summed E-state index contributed by atoms with van der Waals surface area (Å²) in [6.45, 7) is 4.22. The Bertz CT molecular complexity index is 966. The number of esters is 1. The molecule has 1 N–H and O–H groups in total. The molecule has 0 unspecified atom stereocenters. The molecular formula is C19H18N2O3S2. The van der Waals surface area contributed by atoms with Gasteiger partial charge in [-0.2, -0.15) is 0 Å². The van der Waals surface area contributed by atoms with Crippen LogP contribution in [0.15, 0.2) is 47.4 Å². The number of thioether (sulfide) groups is 1. The first-order valence-electron chi connectivity index (χ1n) is 8.03. The number of aromatic nitrogens is 1. The fraction of sp³-hybridized carbons (Fsp3) is 0.211. The maximum Gasteiger partial charge on any atom is 0.337 e. The number of ether oxygens (including phenoxy) is 1. The summed E-state index contributed by atoms with van der Waals surface area (Å²) in [6.07, 6.45) is 0. The van der Waals surface area contributed by atoms with E-state index in [1.807, 2.05) is 18.2 Å². The molecule has 1 amide bonds. The lowest BCUT2D eigenvalue weighted by molar-refractivity contribution is 0.0601. The van der Waals surface area contributed by atoms with Crippen LogP contribution in [-0.4, -0.2) is 29.2 Å². The van der Waals surface area contributed by atoms with Crippen molar-refractivity contribution in [3.63, 3.8) is 0 Å². The molecule has 0 spiro atoms. The standard InChI is InChI=1S/C19H18N2O3S2/c1-11(2)25-14-6-4-5-12(9-14)17(22)21-19-20-15-8-7-13(18(23)24-3)10-16(15)26-19/h4-11H,1-3H3,(H,20,21,22). The second-order valence-electron chi connectivity index (χ2n) is 5.84. The molecule has 1 heterocycles. The van der Waals surface area contributed by atoms with Crippen LogP contribution < -0.4 is 5.32 Å². The zero-order valence-corrected chi connectivity index (χ0v) is 16.2. The van der Waals surface area contributed by atoms with Gasteiger partial charge in [0.15, 0.2) is 5.13 Å². The number of carbonyl (C=O) groups is 2. The van der Waals surface area contributed by atoms with E-state index >= 15 is 0 Å². The van der Waals surface area contributed by atoms with E-state index in [1.165, 1.54) is 18.4 Å². The monoisotopic (exact) mass is 386 g/mol. The van der Waals surface area contributed by atoms with Crippen LogP contribution in [0.1, 0.15) is 34.6 Å². The first kappa shape index (κ1) is 18.4. The number of benzene rings is 2. The number of anilines is 1. The third kappa shape index (κ3) is 4.23. The van der Waals surface area contributed by atoms with Crippen LogP contribution in [0.25, 0.3) is 10.2 Å². The molecule has 1 aromatic heterocycles. The highest BCUT2D eigenvalue weighted by atomic mass is 32.2. The van der Waals surface area contributed by atoms with Gasteiger partial charge in [-0.15, -0.1) is 11.8 Å². The fourth-order valence-electron chi connectivity index (χ4n) is 2.38. The van der Waals surface area contributed by atoms with Crippen molar-refractivity contribution >= 4 is 50.3 Å². The quantitative estimate of drug-likeness (QED) is 0.502. The Hall–Kier alpha value is -2.38. The summed E-state index contributed by atoms with van der Waals surface area (Å²) in [5, 5.41) is 3.77. The van der Waals surface area contributed by atoms with E-state index in [1.54, 1.807) is 36.0 Å². The highest BCUT2D eigenvalue weighted by Crippen LogP contribution is 2.28. The molecule has 3 rings (SSSR count). The van der Waals surface area contributed by atoms with Crippen molar-refractivity contribution in [2.24, 2.45) is 0 Å². The van der Waals surface area contributed by atoms with Gasteiger partial charge in [0.2, 0.25) is 0 Å². The van der Waals surface area contributed by atoms with Crippen molar-refractivity contribution in [3.05, 3.63) is 53.6 Å². The summed E-state index contributed by atoms with van der Waals surface area (Å²) in [6, 6.07) is 12.6. The Balaban J connectivity index is 1.80. The van der Waals surface area contributed by atoms with Crippen LogP contribution in [-0.2, 0) is 4.74 Å². The first-order chi connectivity index (χ1) is 12.5. The van der Waals surface area contributed by atoms with E-state index in [2.05, 4.69) is 24.1 Å². The molecule has 0 atom stereocenters. The van der Waals surface area contributed by atoms with Gasteiger partial charge in [-0.1, -0.05) is 31.3 Å². The lowest BCUT2D eigenvalue weighted by Crippen LogP contribution is -2.11. The molecule has 2 aromatic carbocycles. The van der Waals surface area contributed by atoms with E-state index in [9.17, 15) is 9.59 Å². The molecule has 26 heavy (non-hydrogen) atoms. The molecular weight excluding hydrogens is 368 g/mol. The molecule has 0 bridgehead atoms. The summed E-state index contributed by atoms with van der Waals surface area (Å²) in [4.78, 5) is 29.6. The predicted octanol–water partition coefficient (Wildman–Crippen LogP) is 4.84. The van der Waals surface area contributed by atoms with Crippen LogP contribution in [0.2, 0.25) is 0 Å². The second kappa shape index (κ2) is 7.88. The van der Waals surface area contributed by atoms with Gasteiger partial charge < -0.3 is 4.74 Å². The number of nitrogens with one attached hydrogen (secondary N) is 1. The van der Waals surface area contributed by atoms with Gasteiger partial charge in [0, 0.05) is 15.7 Å². The average molecular weight is 386 g/mol. The van der Waals surface area contributed by atoms with Gasteiger partial charge in [-0.25, -0.2) is 9.78 Å². The van der Waals surface area contributed by atoms with Gasteiger partial charge in [0.25, 0.3) is 5.91 Å². The number of nitrogens with zero attached hydrogens (tertiary/aromatic N) is 1. The molecule has 0 fully saturated rings. The normalized spacial score (nSPS) is 10.9. The van der Waals surface area contributed by atoms with Crippen LogP contribution in [0.5, 0.6) is 0 Å². The Morgan fingerprint density at radius 3 is 2.69 bits per heavy atom. The summed E-state index contributed by atoms with van der Waals surface area (Å²) < 4.78 is 5.54. The van der Waals surface area contributed by atoms with Crippen LogP contribution in [0.3, 0.4) is 0 Å². The molecule has 5 nitrogen and oxygen atoms in total. The number of methoxy groups -OCH3 is 1. The SMILES string of the molecule is COC(=O)c1ccc2nc(NC(=O)c3cccc(SC(C)C)c3)sc2c1. The lowest BCUT2D eigenvalue weighted by atomic mass is 10.2. The minimum atomic E-state index is -0.398. The van der Waals surface area contributed by atoms with E-state index < -0.39 is 5.97 Å². The fourth-order valence-corrected chi connectivity index (χ4v) is 4.17. The Labute approximate surface area is 159 Å². The van der Waals surface area contributed by atoms with Gasteiger partial charge >= 0.3 is 5.97 Å². The summed E-state index contributed by atoms with van der Waals surface area (Å²) >= 11 is 3.03. The number of hydrogen-bond donors (Lipinski definition) is 1. The molecule has 0 saturated carbocycles. The molecule has 0 aliphatic heterocycles. The number of hydrogen-bond acceptors (Lipinski definition) is 6. The maximum atomic E-state index is 12.5. The van der Waals surface area contributed by atoms with Crippen molar-refractivity contribution in [3.8, 4) is 0 Å². The Morgan fingerprint density at radius 1 is 1.15 bits per heavy atom. The summed E-state index contributed by atoms with van der Waals surface area (Å²) in [5.41, 5.74) is 1.77. The van der Waals surface area contributed by atoms with E-state index in [-0.39, 0.29) is 5.91 Å². The number of thiazole rings is 1. The number of amides is 1. The topological polar surface area (TPSA) is 68.3 Å². The van der Waals surface area contributed by atoms with Crippen LogP contribution >= 0.6 is 23.1 Å². The Morgan fingerprint density at radius 2 is 1.96 bits per heavy atom. The van der Waals surface area contributed by atoms with E-state index in [0.717, 1.165) is 15.1 Å². The van der Waals surface area contributed by atoms with Crippen molar-refractivity contribution in [1.82, 2.24) is 4.98 Å². The van der Waals surface area contributed by atoms with E-state index in [0.29, 0.717) is 21.5 Å². The third-order valence-electron chi connectivity index (χ3n) is 3.50. The zero-order valence-electron chi connectivity index (χ0n) is 14.6. The Kier molecular flexibility index (Phi) is 5.58. The second-order valence-corrected chi connectivity index (χ2v) is 8.52. The lowest BCUT2D eigenvalue weighted by Gasteiger charge is -2.07. The van der Waals surface area contributed by atoms with Gasteiger partial charge in [-0.3, -0.25) is 10.1 Å². The maximum absolute atomic E-state index is 12.5. The number of fused-ring (bicyclic) bond motifs is 1. The predicted molar refractivity (Wildman–Crippen MR) is 106 cm³/mol. The molecule has 134 valence electrons. The smallest absolute Gasteiger partial charge is 0.337 e. The van der Waals surface area contributed by atoms with Crippen LogP contribution in [0, 0.1) is 0 Å². The minimum Gasteiger partial charge on any atom is -0.465 e. The number of rotatable bonds is 5. The highest BCUT2D eigenvalue weighted by Gasteiger charge is 2.13. The van der Waals surface area contributed by atoms with Crippen molar-refractivity contribution in [2.45, 2.75) is 24.0 Å².